The van der Waals surface area contributed by atoms with Crippen molar-refractivity contribution in [2.45, 2.75) is 45.6 Å². The van der Waals surface area contributed by atoms with E-state index in [0.717, 1.165) is 52.2 Å². The maximum Gasteiger partial charge on any atom is 0.285 e. The first-order valence-electron chi connectivity index (χ1n) is 11.7. The Morgan fingerprint density at radius 3 is 2.41 bits per heavy atom. The molecule has 0 unspecified atom stereocenters. The predicted octanol–water partition coefficient (Wildman–Crippen LogP) is 4.17. The van der Waals surface area contributed by atoms with Crippen LogP contribution in [0.3, 0.4) is 0 Å². The van der Waals surface area contributed by atoms with Gasteiger partial charge in [0.1, 0.15) is 5.82 Å². The van der Waals surface area contributed by atoms with Crippen molar-refractivity contribution < 1.29 is 19.2 Å². The highest BCUT2D eigenvalue weighted by molar-refractivity contribution is 6.20. The third kappa shape index (κ3) is 3.80. The molecule has 0 aliphatic carbocycles. The van der Waals surface area contributed by atoms with Gasteiger partial charge in [-0.15, -0.1) is 5.06 Å². The molecule has 0 saturated carbocycles. The summed E-state index contributed by atoms with van der Waals surface area (Å²) in [5, 5.41) is 14.2. The summed E-state index contributed by atoms with van der Waals surface area (Å²) in [7, 11) is 0. The summed E-state index contributed by atoms with van der Waals surface area (Å²) in [5.41, 5.74) is 3.03. The number of amides is 2. The molecule has 0 saturated heterocycles. The molecule has 0 fully saturated rings. The summed E-state index contributed by atoms with van der Waals surface area (Å²) >= 11 is 0. The Balaban J connectivity index is 1.31. The minimum atomic E-state index is -0.416. The SMILES string of the molecule is CCCCc1nc2c[n+]([O-])c3ccccc3c2n1CCCCON1C(=O)c2ccccc2C1=O. The van der Waals surface area contributed by atoms with Gasteiger partial charge in [0.05, 0.1) is 28.6 Å². The Morgan fingerprint density at radius 2 is 1.68 bits per heavy atom. The average molecular weight is 459 g/mol. The minimum absolute atomic E-state index is 0.254. The van der Waals surface area contributed by atoms with Gasteiger partial charge in [-0.2, -0.15) is 4.73 Å². The van der Waals surface area contributed by atoms with Crippen molar-refractivity contribution >= 4 is 33.8 Å². The van der Waals surface area contributed by atoms with E-state index in [2.05, 4.69) is 11.5 Å². The van der Waals surface area contributed by atoms with Gasteiger partial charge < -0.3 is 9.77 Å². The molecule has 0 atom stereocenters. The van der Waals surface area contributed by atoms with Crippen molar-refractivity contribution in [3.8, 4) is 0 Å². The molecule has 0 radical (unpaired) electrons. The van der Waals surface area contributed by atoms with E-state index in [-0.39, 0.29) is 6.61 Å². The van der Waals surface area contributed by atoms with Crippen LogP contribution in [0.25, 0.3) is 21.9 Å². The van der Waals surface area contributed by atoms with E-state index < -0.39 is 11.8 Å². The van der Waals surface area contributed by atoms with Gasteiger partial charge in [-0.3, -0.25) is 14.4 Å². The van der Waals surface area contributed by atoms with Gasteiger partial charge in [-0.05, 0) is 37.5 Å². The number of carbonyl (C=O) groups is 2. The summed E-state index contributed by atoms with van der Waals surface area (Å²) in [6.07, 6.45) is 5.89. The van der Waals surface area contributed by atoms with Gasteiger partial charge in [0.15, 0.2) is 5.52 Å². The van der Waals surface area contributed by atoms with Crippen LogP contribution in [0.1, 0.15) is 59.1 Å². The zero-order valence-electron chi connectivity index (χ0n) is 19.1. The highest BCUT2D eigenvalue weighted by Gasteiger charge is 2.36. The number of imidazole rings is 1. The average Bonchev–Trinajstić information content (AvgIpc) is 3.32. The number of hydrogen-bond acceptors (Lipinski definition) is 5. The molecule has 3 heterocycles. The van der Waals surface area contributed by atoms with E-state index in [0.29, 0.717) is 35.1 Å². The molecule has 8 nitrogen and oxygen atoms in total. The molecule has 0 spiro atoms. The molecule has 2 amide bonds. The number of hydrogen-bond donors (Lipinski definition) is 0. The third-order valence-corrected chi connectivity index (χ3v) is 6.22. The highest BCUT2D eigenvalue weighted by atomic mass is 16.7. The summed E-state index contributed by atoms with van der Waals surface area (Å²) < 4.78 is 3.09. The largest absolute Gasteiger partial charge is 0.618 e. The van der Waals surface area contributed by atoms with E-state index in [1.54, 1.807) is 30.5 Å². The molecule has 2 aromatic heterocycles. The number of hydroxylamine groups is 2. The van der Waals surface area contributed by atoms with E-state index in [4.69, 9.17) is 9.82 Å². The van der Waals surface area contributed by atoms with Crippen molar-refractivity contribution in [2.24, 2.45) is 0 Å². The molecule has 0 N–H and O–H groups in total. The Morgan fingerprint density at radius 1 is 0.971 bits per heavy atom. The fourth-order valence-electron chi connectivity index (χ4n) is 4.52. The first-order valence-corrected chi connectivity index (χ1v) is 11.7. The number of fused-ring (bicyclic) bond motifs is 4. The van der Waals surface area contributed by atoms with Gasteiger partial charge in [0.2, 0.25) is 11.7 Å². The molecule has 4 aromatic rings. The van der Waals surface area contributed by atoms with Crippen LogP contribution in [0, 0.1) is 5.21 Å². The lowest BCUT2D eigenvalue weighted by molar-refractivity contribution is -0.575. The molecule has 34 heavy (non-hydrogen) atoms. The number of rotatable bonds is 9. The van der Waals surface area contributed by atoms with Crippen LogP contribution >= 0.6 is 0 Å². The standard InChI is InChI=1S/C26H26N4O4/c1-2-3-14-23-27-21-17-29(33)22-13-7-6-12-20(22)24(21)28(23)15-8-9-16-34-30-25(31)18-10-4-5-11-19(18)26(30)32/h4-7,10-13,17H,2-3,8-9,14-16H2,1H3. The lowest BCUT2D eigenvalue weighted by atomic mass is 10.1. The van der Waals surface area contributed by atoms with Crippen molar-refractivity contribution in [1.29, 1.82) is 0 Å². The van der Waals surface area contributed by atoms with Crippen LogP contribution < -0.4 is 4.73 Å². The summed E-state index contributed by atoms with van der Waals surface area (Å²) in [5.74, 6) is 0.135. The molecule has 5 rings (SSSR count). The van der Waals surface area contributed by atoms with E-state index in [1.807, 2.05) is 24.3 Å². The number of aromatic nitrogens is 3. The number of aryl methyl sites for hydroxylation is 2. The Labute approximate surface area is 196 Å². The Kier molecular flexibility index (Phi) is 5.98. The fourth-order valence-corrected chi connectivity index (χ4v) is 4.52. The molecule has 2 aromatic carbocycles. The van der Waals surface area contributed by atoms with Crippen molar-refractivity contribution in [3.05, 3.63) is 76.9 Å². The second-order valence-corrected chi connectivity index (χ2v) is 8.48. The molecular weight excluding hydrogens is 432 g/mol. The fraction of sp³-hybridized carbons (Fsp3) is 0.308. The van der Waals surface area contributed by atoms with Crippen molar-refractivity contribution in [3.63, 3.8) is 0 Å². The van der Waals surface area contributed by atoms with Crippen molar-refractivity contribution in [1.82, 2.24) is 14.6 Å². The molecule has 1 aliphatic rings. The normalized spacial score (nSPS) is 13.4. The second-order valence-electron chi connectivity index (χ2n) is 8.48. The Bertz CT molecular complexity index is 1360. The molecule has 0 bridgehead atoms. The number of nitrogens with zero attached hydrogens (tertiary/aromatic N) is 4. The smallest absolute Gasteiger partial charge is 0.285 e. The lowest BCUT2D eigenvalue weighted by Crippen LogP contribution is -2.30. The first kappa shape index (κ1) is 22.0. The Hall–Kier alpha value is -3.78. The van der Waals surface area contributed by atoms with Gasteiger partial charge in [-0.1, -0.05) is 37.6 Å². The van der Waals surface area contributed by atoms with Crippen LogP contribution in [0.15, 0.2) is 54.7 Å². The predicted molar refractivity (Wildman–Crippen MR) is 127 cm³/mol. The molecule has 174 valence electrons. The summed E-state index contributed by atoms with van der Waals surface area (Å²) in [4.78, 5) is 35.2. The van der Waals surface area contributed by atoms with Gasteiger partial charge in [0.25, 0.3) is 11.8 Å². The number of para-hydroxylation sites is 1. The van der Waals surface area contributed by atoms with Crippen LogP contribution in [0.4, 0.5) is 0 Å². The monoisotopic (exact) mass is 458 g/mol. The maximum atomic E-state index is 12.5. The zero-order chi connectivity index (χ0) is 23.7. The lowest BCUT2D eigenvalue weighted by Gasteiger charge is -2.14. The van der Waals surface area contributed by atoms with Crippen LogP contribution in [-0.4, -0.2) is 33.0 Å². The number of carbonyl (C=O) groups excluding carboxylic acids is 2. The van der Waals surface area contributed by atoms with E-state index >= 15 is 0 Å². The molecule has 8 heteroatoms. The number of pyridine rings is 1. The molecular formula is C26H26N4O4. The number of imide groups is 1. The number of benzene rings is 2. The second kappa shape index (κ2) is 9.23. The van der Waals surface area contributed by atoms with Crippen LogP contribution in [0.2, 0.25) is 0 Å². The van der Waals surface area contributed by atoms with Crippen molar-refractivity contribution in [2.75, 3.05) is 6.61 Å². The van der Waals surface area contributed by atoms with Gasteiger partial charge >= 0.3 is 0 Å². The first-order chi connectivity index (χ1) is 16.6. The van der Waals surface area contributed by atoms with E-state index in [9.17, 15) is 14.8 Å². The zero-order valence-corrected chi connectivity index (χ0v) is 19.1. The maximum absolute atomic E-state index is 12.5. The minimum Gasteiger partial charge on any atom is -0.618 e. The van der Waals surface area contributed by atoms with Gasteiger partial charge in [-0.25, -0.2) is 4.98 Å². The van der Waals surface area contributed by atoms with Gasteiger partial charge in [0, 0.05) is 19.0 Å². The highest BCUT2D eigenvalue weighted by Crippen LogP contribution is 2.26. The van der Waals surface area contributed by atoms with Crippen LogP contribution in [0.5, 0.6) is 0 Å². The third-order valence-electron chi connectivity index (χ3n) is 6.22. The number of unbranched alkanes of at least 4 members (excludes halogenated alkanes) is 2. The summed E-state index contributed by atoms with van der Waals surface area (Å²) in [6.45, 7) is 3.10. The van der Waals surface area contributed by atoms with E-state index in [1.165, 1.54) is 0 Å². The quantitative estimate of drug-likeness (QED) is 0.162. The van der Waals surface area contributed by atoms with Crippen LogP contribution in [-0.2, 0) is 17.8 Å². The topological polar surface area (TPSA) is 91.4 Å². The summed E-state index contributed by atoms with van der Waals surface area (Å²) in [6, 6.07) is 14.3. The molecule has 1 aliphatic heterocycles.